The van der Waals surface area contributed by atoms with Crippen LogP contribution in [0.2, 0.25) is 0 Å². The van der Waals surface area contributed by atoms with Crippen LogP contribution in [0.3, 0.4) is 0 Å². The van der Waals surface area contributed by atoms with Crippen LogP contribution in [-0.2, 0) is 33.4 Å². The maximum atomic E-state index is 12.0. The lowest BCUT2D eigenvalue weighted by molar-refractivity contribution is -0.222. The summed E-state index contributed by atoms with van der Waals surface area (Å²) in [5, 5.41) is 37.1. The summed E-state index contributed by atoms with van der Waals surface area (Å²) in [6.45, 7) is 7.16. The number of imide groups is 1. The summed E-state index contributed by atoms with van der Waals surface area (Å²) in [6, 6.07) is 0. The first-order valence-electron chi connectivity index (χ1n) is 15.4. The molecule has 42 heavy (non-hydrogen) atoms. The molecule has 3 rings (SSSR count). The van der Waals surface area contributed by atoms with E-state index < -0.39 is 42.4 Å². The Kier molecular flexibility index (Phi) is 20.8. The second-order valence-electron chi connectivity index (χ2n) is 10.3. The molecule has 0 saturated carbocycles. The third kappa shape index (κ3) is 14.6. The van der Waals surface area contributed by atoms with Crippen LogP contribution >= 0.6 is 0 Å². The van der Waals surface area contributed by atoms with Gasteiger partial charge in [0.2, 0.25) is 0 Å². The van der Waals surface area contributed by atoms with Crippen molar-refractivity contribution in [2.45, 2.75) is 122 Å². The van der Waals surface area contributed by atoms with Crippen LogP contribution in [0.15, 0.2) is 0 Å². The van der Waals surface area contributed by atoms with Crippen LogP contribution in [0.5, 0.6) is 0 Å². The first kappa shape index (κ1) is 38.3. The van der Waals surface area contributed by atoms with Gasteiger partial charge in [-0.25, -0.2) is 4.79 Å². The molecule has 3 saturated heterocycles. The zero-order valence-corrected chi connectivity index (χ0v) is 25.7. The zero-order valence-electron chi connectivity index (χ0n) is 25.7. The number of carbonyl (C=O) groups is 3. The third-order valence-corrected chi connectivity index (χ3v) is 7.18. The van der Waals surface area contributed by atoms with Crippen molar-refractivity contribution in [1.82, 2.24) is 9.96 Å². The number of nitrogens with zero attached hydrogens (tertiary/aromatic N) is 2. The summed E-state index contributed by atoms with van der Waals surface area (Å²) >= 11 is 0. The predicted molar refractivity (Wildman–Crippen MR) is 153 cm³/mol. The van der Waals surface area contributed by atoms with Crippen molar-refractivity contribution in [2.24, 2.45) is 0 Å². The quantitative estimate of drug-likeness (QED) is 0.147. The van der Waals surface area contributed by atoms with Crippen molar-refractivity contribution in [3.63, 3.8) is 0 Å². The molecule has 13 heteroatoms. The number of hydroxylamine groups is 2. The summed E-state index contributed by atoms with van der Waals surface area (Å²) in [6.07, 6.45) is 4.45. The highest BCUT2D eigenvalue weighted by atomic mass is 16.7. The first-order chi connectivity index (χ1) is 20.4. The number of aliphatic hydroxyl groups is 4. The van der Waals surface area contributed by atoms with Gasteiger partial charge in [-0.1, -0.05) is 20.3 Å². The molecule has 246 valence electrons. The van der Waals surface area contributed by atoms with Gasteiger partial charge in [0, 0.05) is 52.4 Å². The fourth-order valence-corrected chi connectivity index (χ4v) is 5.02. The first-order valence-corrected chi connectivity index (χ1v) is 15.4. The maximum absolute atomic E-state index is 12.0. The number of rotatable bonds is 16. The minimum Gasteiger partial charge on any atom is -0.400 e. The standard InChI is InChI=1S/C26H44N2O10.C2H6.CH4O/c29-18-20-16-19(30)17-26(37-20)36-15-13-27(12-4-7-22-21(31)6-5-14-35-22)11-3-1-2-8-25(34)38-28-23(32)9-10-24(28)33;2*1-2/h19-22,26,29-31H,1-18H2;1-2H3;2H,1H3. The third-order valence-electron chi connectivity index (χ3n) is 7.18. The molecule has 13 nitrogen and oxygen atoms in total. The molecule has 0 bridgehead atoms. The SMILES string of the molecule is CC.CO.O=C(CCCCCN(CCCC1OCCCC1O)CCOC1CC(O)CC(CO)O1)ON1C(=O)CCC1=O. The van der Waals surface area contributed by atoms with Gasteiger partial charge in [-0.05, 0) is 51.6 Å². The second kappa shape index (κ2) is 22.8. The number of hydrogen-bond acceptors (Lipinski definition) is 12. The van der Waals surface area contributed by atoms with Crippen LogP contribution in [0.4, 0.5) is 0 Å². The minimum atomic E-state index is -0.583. The molecule has 3 heterocycles. The molecule has 2 amide bonds. The van der Waals surface area contributed by atoms with Crippen LogP contribution < -0.4 is 0 Å². The van der Waals surface area contributed by atoms with Crippen molar-refractivity contribution in [3.8, 4) is 0 Å². The maximum Gasteiger partial charge on any atom is 0.333 e. The van der Waals surface area contributed by atoms with E-state index in [4.69, 9.17) is 24.2 Å². The molecule has 4 N–H and O–H groups in total. The molecular weight excluding hydrogens is 552 g/mol. The molecule has 0 aromatic heterocycles. The Balaban J connectivity index is 0.00000211. The summed E-state index contributed by atoms with van der Waals surface area (Å²) in [5.74, 6) is -1.54. The van der Waals surface area contributed by atoms with Gasteiger partial charge in [0.15, 0.2) is 6.29 Å². The molecule has 0 aromatic rings. The van der Waals surface area contributed by atoms with Crippen molar-refractivity contribution >= 4 is 17.8 Å². The van der Waals surface area contributed by atoms with Crippen LogP contribution in [-0.4, -0.2) is 125 Å². The Morgan fingerprint density at radius 2 is 1.69 bits per heavy atom. The van der Waals surface area contributed by atoms with E-state index in [0.717, 1.165) is 58.7 Å². The van der Waals surface area contributed by atoms with E-state index in [2.05, 4.69) is 4.90 Å². The number of unbranched alkanes of at least 4 members (excludes halogenated alkanes) is 2. The Bertz CT molecular complexity index is 741. The Hall–Kier alpha value is -1.71. The molecule has 3 fully saturated rings. The van der Waals surface area contributed by atoms with E-state index >= 15 is 0 Å². The molecule has 3 aliphatic rings. The van der Waals surface area contributed by atoms with Gasteiger partial charge in [0.05, 0.1) is 37.6 Å². The monoisotopic (exact) mass is 606 g/mol. The molecule has 0 radical (unpaired) electrons. The highest BCUT2D eigenvalue weighted by molar-refractivity contribution is 6.01. The van der Waals surface area contributed by atoms with E-state index in [1.165, 1.54) is 0 Å². The summed E-state index contributed by atoms with van der Waals surface area (Å²) in [5.41, 5.74) is 0. The van der Waals surface area contributed by atoms with E-state index in [-0.39, 0.29) is 32.0 Å². The number of carbonyl (C=O) groups excluding carboxylic acids is 3. The van der Waals surface area contributed by atoms with Gasteiger partial charge >= 0.3 is 5.97 Å². The van der Waals surface area contributed by atoms with Gasteiger partial charge in [-0.2, -0.15) is 0 Å². The topological polar surface area (TPSA) is 176 Å². The fraction of sp³-hybridized carbons (Fsp3) is 0.897. The van der Waals surface area contributed by atoms with Crippen LogP contribution in [0.25, 0.3) is 0 Å². The summed E-state index contributed by atoms with van der Waals surface area (Å²) in [4.78, 5) is 42.3. The van der Waals surface area contributed by atoms with Crippen LogP contribution in [0, 0.1) is 0 Å². The largest absolute Gasteiger partial charge is 0.400 e. The number of amides is 2. The number of aliphatic hydroxyl groups excluding tert-OH is 4. The average Bonchev–Trinajstić information content (AvgIpc) is 3.31. The summed E-state index contributed by atoms with van der Waals surface area (Å²) < 4.78 is 17.2. The van der Waals surface area contributed by atoms with E-state index in [1.807, 2.05) is 13.8 Å². The molecule has 3 aliphatic heterocycles. The van der Waals surface area contributed by atoms with Crippen molar-refractivity contribution in [1.29, 1.82) is 0 Å². The van der Waals surface area contributed by atoms with E-state index in [1.54, 1.807) is 0 Å². The molecule has 0 aromatic carbocycles. The van der Waals surface area contributed by atoms with Gasteiger partial charge in [0.25, 0.3) is 11.8 Å². The predicted octanol–water partition coefficient (Wildman–Crippen LogP) is 1.29. The van der Waals surface area contributed by atoms with Crippen molar-refractivity contribution in [3.05, 3.63) is 0 Å². The van der Waals surface area contributed by atoms with Crippen molar-refractivity contribution < 1.29 is 53.9 Å². The summed E-state index contributed by atoms with van der Waals surface area (Å²) in [7, 11) is 1.00. The zero-order chi connectivity index (χ0) is 31.3. The number of hydrogen-bond donors (Lipinski definition) is 4. The van der Waals surface area contributed by atoms with Crippen LogP contribution in [0.1, 0.15) is 90.9 Å². The Morgan fingerprint density at radius 1 is 1.00 bits per heavy atom. The highest BCUT2D eigenvalue weighted by Crippen LogP contribution is 2.21. The Labute approximate surface area is 250 Å². The van der Waals surface area contributed by atoms with E-state index in [9.17, 15) is 29.7 Å². The molecule has 0 aliphatic carbocycles. The number of ether oxygens (including phenoxy) is 3. The molecular formula is C29H54N2O11. The van der Waals surface area contributed by atoms with Gasteiger partial charge in [-0.15, -0.1) is 5.06 Å². The second-order valence-corrected chi connectivity index (χ2v) is 10.3. The molecule has 5 atom stereocenters. The lowest BCUT2D eigenvalue weighted by Crippen LogP contribution is -2.40. The van der Waals surface area contributed by atoms with Gasteiger partial charge in [0.1, 0.15) is 0 Å². The molecule has 5 unspecified atom stereocenters. The van der Waals surface area contributed by atoms with Gasteiger partial charge < -0.3 is 44.4 Å². The highest BCUT2D eigenvalue weighted by Gasteiger charge is 2.32. The van der Waals surface area contributed by atoms with Crippen molar-refractivity contribution in [2.75, 3.05) is 46.6 Å². The Morgan fingerprint density at radius 3 is 2.36 bits per heavy atom. The van der Waals surface area contributed by atoms with Gasteiger partial charge in [-0.3, -0.25) is 9.59 Å². The fourth-order valence-electron chi connectivity index (χ4n) is 5.02. The lowest BCUT2D eigenvalue weighted by atomic mass is 10.0. The molecule has 0 spiro atoms. The lowest BCUT2D eigenvalue weighted by Gasteiger charge is -2.33. The average molecular weight is 607 g/mol. The smallest absolute Gasteiger partial charge is 0.333 e. The normalized spacial score (nSPS) is 25.9. The van der Waals surface area contributed by atoms with E-state index in [0.29, 0.717) is 44.1 Å². The minimum absolute atomic E-state index is 0.0764.